The summed E-state index contributed by atoms with van der Waals surface area (Å²) in [5.41, 5.74) is 1.47. The number of benzene rings is 1. The third-order valence-electron chi connectivity index (χ3n) is 4.69. The Morgan fingerprint density at radius 3 is 2.80 bits per heavy atom. The molecule has 1 aliphatic heterocycles. The lowest BCUT2D eigenvalue weighted by Crippen LogP contribution is -2.29. The highest BCUT2D eigenvalue weighted by Gasteiger charge is 2.38. The zero-order valence-corrected chi connectivity index (χ0v) is 14.7. The number of rotatable bonds is 6. The smallest absolute Gasteiger partial charge is 0.311 e. The van der Waals surface area contributed by atoms with Crippen molar-refractivity contribution >= 4 is 23.5 Å². The van der Waals surface area contributed by atoms with E-state index in [0.717, 1.165) is 12.1 Å². The van der Waals surface area contributed by atoms with Crippen molar-refractivity contribution in [3.05, 3.63) is 29.8 Å². The number of amides is 2. The maximum atomic E-state index is 12.4. The van der Waals surface area contributed by atoms with E-state index in [4.69, 9.17) is 4.74 Å². The number of esters is 1. The molecule has 1 aliphatic carbocycles. The van der Waals surface area contributed by atoms with Crippen LogP contribution in [0.1, 0.15) is 44.8 Å². The average molecular weight is 344 g/mol. The SMILES string of the molecule is CC(=O)Nc1cccc([C@@H](C)OC(=O)[C@@H]2CC(=O)N(CC3CC3)C2)c1. The minimum Gasteiger partial charge on any atom is -0.458 e. The van der Waals surface area contributed by atoms with Crippen molar-refractivity contribution in [2.75, 3.05) is 18.4 Å². The van der Waals surface area contributed by atoms with Crippen LogP contribution in [0.5, 0.6) is 0 Å². The van der Waals surface area contributed by atoms with E-state index in [0.29, 0.717) is 18.2 Å². The summed E-state index contributed by atoms with van der Waals surface area (Å²) in [5, 5.41) is 2.71. The van der Waals surface area contributed by atoms with E-state index in [9.17, 15) is 14.4 Å². The summed E-state index contributed by atoms with van der Waals surface area (Å²) < 4.78 is 5.57. The van der Waals surface area contributed by atoms with Gasteiger partial charge in [-0.2, -0.15) is 0 Å². The highest BCUT2D eigenvalue weighted by atomic mass is 16.5. The van der Waals surface area contributed by atoms with Gasteiger partial charge in [0, 0.05) is 32.1 Å². The molecular weight excluding hydrogens is 320 g/mol. The molecule has 0 radical (unpaired) electrons. The first-order valence-electron chi connectivity index (χ1n) is 8.78. The Morgan fingerprint density at radius 1 is 1.36 bits per heavy atom. The number of nitrogens with zero attached hydrogens (tertiary/aromatic N) is 1. The number of carbonyl (C=O) groups excluding carboxylic acids is 3. The minimum absolute atomic E-state index is 0.0501. The molecule has 6 nitrogen and oxygen atoms in total. The van der Waals surface area contributed by atoms with E-state index >= 15 is 0 Å². The van der Waals surface area contributed by atoms with Crippen molar-refractivity contribution in [2.45, 2.75) is 39.2 Å². The van der Waals surface area contributed by atoms with E-state index in [1.54, 1.807) is 30.0 Å². The normalized spacial score (nSPS) is 21.1. The van der Waals surface area contributed by atoms with Gasteiger partial charge >= 0.3 is 5.97 Å². The van der Waals surface area contributed by atoms with Gasteiger partial charge in [0.25, 0.3) is 0 Å². The standard InChI is InChI=1S/C19H24N2O4/c1-12(15-4-3-5-17(8-15)20-13(2)22)25-19(24)16-9-18(23)21(11-16)10-14-6-7-14/h3-5,8,12,14,16H,6-7,9-11H2,1-2H3,(H,20,22)/t12-,16-/m1/s1. The second-order valence-electron chi connectivity index (χ2n) is 7.03. The molecule has 0 unspecified atom stereocenters. The van der Waals surface area contributed by atoms with Crippen LogP contribution in [0.15, 0.2) is 24.3 Å². The molecule has 1 saturated carbocycles. The summed E-state index contributed by atoms with van der Waals surface area (Å²) in [5.74, 6) is -0.193. The van der Waals surface area contributed by atoms with Crippen LogP contribution in [0, 0.1) is 11.8 Å². The summed E-state index contributed by atoms with van der Waals surface area (Å²) >= 11 is 0. The van der Waals surface area contributed by atoms with Gasteiger partial charge in [-0.3, -0.25) is 14.4 Å². The van der Waals surface area contributed by atoms with Crippen molar-refractivity contribution in [3.8, 4) is 0 Å². The van der Waals surface area contributed by atoms with Gasteiger partial charge in [0.2, 0.25) is 11.8 Å². The Labute approximate surface area is 147 Å². The molecular formula is C19H24N2O4. The number of hydrogen-bond acceptors (Lipinski definition) is 4. The van der Waals surface area contributed by atoms with Crippen molar-refractivity contribution in [2.24, 2.45) is 11.8 Å². The second-order valence-corrected chi connectivity index (χ2v) is 7.03. The summed E-state index contributed by atoms with van der Waals surface area (Å²) in [6.07, 6.45) is 2.17. The predicted octanol–water partition coefficient (Wildman–Crippen LogP) is 2.51. The van der Waals surface area contributed by atoms with Crippen LogP contribution in [0.2, 0.25) is 0 Å². The molecule has 2 amide bonds. The van der Waals surface area contributed by atoms with Crippen LogP contribution < -0.4 is 5.32 Å². The molecule has 1 N–H and O–H groups in total. The molecule has 3 rings (SSSR count). The topological polar surface area (TPSA) is 75.7 Å². The molecule has 2 atom stereocenters. The molecule has 134 valence electrons. The van der Waals surface area contributed by atoms with Crippen LogP contribution >= 0.6 is 0 Å². The maximum absolute atomic E-state index is 12.4. The summed E-state index contributed by atoms with van der Waals surface area (Å²) in [6, 6.07) is 7.23. The number of nitrogens with one attached hydrogen (secondary N) is 1. The van der Waals surface area contributed by atoms with Crippen molar-refractivity contribution in [1.82, 2.24) is 4.90 Å². The van der Waals surface area contributed by atoms with E-state index in [1.165, 1.54) is 19.8 Å². The third-order valence-corrected chi connectivity index (χ3v) is 4.69. The molecule has 1 aromatic rings. The lowest BCUT2D eigenvalue weighted by atomic mass is 10.1. The van der Waals surface area contributed by atoms with Gasteiger partial charge in [-0.25, -0.2) is 0 Å². The zero-order valence-electron chi connectivity index (χ0n) is 14.7. The molecule has 1 heterocycles. The maximum Gasteiger partial charge on any atom is 0.311 e. The predicted molar refractivity (Wildman–Crippen MR) is 92.7 cm³/mol. The number of carbonyl (C=O) groups is 3. The van der Waals surface area contributed by atoms with Gasteiger partial charge < -0.3 is 15.0 Å². The number of hydrogen-bond donors (Lipinski definition) is 1. The molecule has 0 bridgehead atoms. The fraction of sp³-hybridized carbons (Fsp3) is 0.526. The molecule has 25 heavy (non-hydrogen) atoms. The first-order chi connectivity index (χ1) is 11.9. The van der Waals surface area contributed by atoms with E-state index in [-0.39, 0.29) is 30.1 Å². The summed E-state index contributed by atoms with van der Waals surface area (Å²) in [7, 11) is 0. The van der Waals surface area contributed by atoms with Crippen LogP contribution in [0.3, 0.4) is 0 Å². The highest BCUT2D eigenvalue weighted by Crippen LogP contribution is 2.32. The highest BCUT2D eigenvalue weighted by molar-refractivity contribution is 5.89. The first kappa shape index (κ1) is 17.5. The zero-order chi connectivity index (χ0) is 18.0. The Hall–Kier alpha value is -2.37. The van der Waals surface area contributed by atoms with E-state index < -0.39 is 6.10 Å². The van der Waals surface area contributed by atoms with Gasteiger partial charge in [0.15, 0.2) is 0 Å². The summed E-state index contributed by atoms with van der Waals surface area (Å²) in [4.78, 5) is 37.4. The molecule has 0 spiro atoms. The number of ether oxygens (including phenoxy) is 1. The van der Waals surface area contributed by atoms with Crippen LogP contribution in [0.4, 0.5) is 5.69 Å². The molecule has 2 fully saturated rings. The second kappa shape index (κ2) is 7.25. The van der Waals surface area contributed by atoms with Crippen molar-refractivity contribution in [3.63, 3.8) is 0 Å². The number of anilines is 1. The molecule has 1 aromatic carbocycles. The Kier molecular flexibility index (Phi) is 5.06. The molecule has 2 aliphatic rings. The van der Waals surface area contributed by atoms with Crippen LogP contribution in [-0.4, -0.2) is 35.8 Å². The lowest BCUT2D eigenvalue weighted by Gasteiger charge is -2.18. The minimum atomic E-state index is -0.436. The molecule has 0 aromatic heterocycles. The van der Waals surface area contributed by atoms with Crippen molar-refractivity contribution < 1.29 is 19.1 Å². The Morgan fingerprint density at radius 2 is 2.12 bits per heavy atom. The van der Waals surface area contributed by atoms with Gasteiger partial charge in [-0.05, 0) is 43.4 Å². The monoisotopic (exact) mass is 344 g/mol. The largest absolute Gasteiger partial charge is 0.458 e. The van der Waals surface area contributed by atoms with E-state index in [1.807, 2.05) is 6.07 Å². The fourth-order valence-corrected chi connectivity index (χ4v) is 3.13. The van der Waals surface area contributed by atoms with Gasteiger partial charge in [-0.15, -0.1) is 0 Å². The average Bonchev–Trinajstić information content (AvgIpc) is 3.29. The lowest BCUT2D eigenvalue weighted by molar-refractivity contribution is -0.153. The van der Waals surface area contributed by atoms with Gasteiger partial charge in [0.05, 0.1) is 5.92 Å². The molecule has 6 heteroatoms. The first-order valence-corrected chi connectivity index (χ1v) is 8.78. The van der Waals surface area contributed by atoms with Crippen LogP contribution in [0.25, 0.3) is 0 Å². The number of likely N-dealkylation sites (tertiary alicyclic amines) is 1. The summed E-state index contributed by atoms with van der Waals surface area (Å²) in [6.45, 7) is 4.48. The fourth-order valence-electron chi connectivity index (χ4n) is 3.13. The third kappa shape index (κ3) is 4.59. The Balaban J connectivity index is 1.57. The quantitative estimate of drug-likeness (QED) is 0.805. The van der Waals surface area contributed by atoms with Gasteiger partial charge in [0.1, 0.15) is 6.10 Å². The van der Waals surface area contributed by atoms with Gasteiger partial charge in [-0.1, -0.05) is 12.1 Å². The van der Waals surface area contributed by atoms with Crippen molar-refractivity contribution in [1.29, 1.82) is 0 Å². The van der Waals surface area contributed by atoms with E-state index in [2.05, 4.69) is 5.32 Å². The molecule has 1 saturated heterocycles. The Bertz CT molecular complexity index is 684. The van der Waals surface area contributed by atoms with Crippen LogP contribution in [-0.2, 0) is 19.1 Å².